The molecule has 0 aliphatic carbocycles. The normalized spacial score (nSPS) is 10.1. The van der Waals surface area contributed by atoms with Gasteiger partial charge in [0.2, 0.25) is 0 Å². The summed E-state index contributed by atoms with van der Waals surface area (Å²) >= 11 is 0. The summed E-state index contributed by atoms with van der Waals surface area (Å²) in [5, 5.41) is 8.90. The van der Waals surface area contributed by atoms with Gasteiger partial charge in [-0.1, -0.05) is 13.2 Å². The molecule has 0 fully saturated rings. The van der Waals surface area contributed by atoms with E-state index >= 15 is 0 Å². The number of hydrogen-bond donors (Lipinski definition) is 1. The highest BCUT2D eigenvalue weighted by atomic mass is 16.5. The van der Waals surface area contributed by atoms with Crippen molar-refractivity contribution in [2.45, 2.75) is 12.8 Å². The summed E-state index contributed by atoms with van der Waals surface area (Å²) < 4.78 is 4.85. The number of rotatable bonds is 11. The van der Waals surface area contributed by atoms with Crippen molar-refractivity contribution in [3.63, 3.8) is 0 Å². The van der Waals surface area contributed by atoms with Crippen molar-refractivity contribution >= 4 is 11.8 Å². The van der Waals surface area contributed by atoms with E-state index in [0.717, 1.165) is 6.08 Å². The van der Waals surface area contributed by atoms with Crippen molar-refractivity contribution in [1.82, 2.24) is 4.90 Å². The zero-order chi connectivity index (χ0) is 13.8. The van der Waals surface area contributed by atoms with Crippen molar-refractivity contribution < 1.29 is 19.4 Å². The number of aliphatic hydroxyl groups is 1. The van der Waals surface area contributed by atoms with Crippen LogP contribution >= 0.6 is 0 Å². The molecule has 18 heavy (non-hydrogen) atoms. The van der Waals surface area contributed by atoms with E-state index in [1.54, 1.807) is 0 Å². The lowest BCUT2D eigenvalue weighted by Crippen LogP contribution is -2.32. The number of hydrogen-bond acceptors (Lipinski definition) is 5. The Morgan fingerprint density at radius 1 is 1.17 bits per heavy atom. The van der Waals surface area contributed by atoms with Gasteiger partial charge < -0.3 is 9.84 Å². The Morgan fingerprint density at radius 2 is 1.89 bits per heavy atom. The first-order valence-corrected chi connectivity index (χ1v) is 5.91. The van der Waals surface area contributed by atoms with E-state index in [2.05, 4.69) is 13.2 Å². The highest BCUT2D eigenvalue weighted by Crippen LogP contribution is 1.97. The van der Waals surface area contributed by atoms with Gasteiger partial charge in [-0.3, -0.25) is 9.69 Å². The number of ketones is 1. The highest BCUT2D eigenvalue weighted by Gasteiger charge is 2.06. The Labute approximate surface area is 108 Å². The van der Waals surface area contributed by atoms with Crippen LogP contribution < -0.4 is 0 Å². The van der Waals surface area contributed by atoms with Crippen LogP contribution in [0, 0.1) is 0 Å². The van der Waals surface area contributed by atoms with Gasteiger partial charge in [0.05, 0.1) is 6.61 Å². The van der Waals surface area contributed by atoms with Gasteiger partial charge in [-0.15, -0.1) is 0 Å². The predicted molar refractivity (Wildman–Crippen MR) is 69.1 cm³/mol. The van der Waals surface area contributed by atoms with Gasteiger partial charge in [0.15, 0.2) is 5.78 Å². The van der Waals surface area contributed by atoms with Crippen LogP contribution in [0.3, 0.4) is 0 Å². The van der Waals surface area contributed by atoms with Crippen LogP contribution in [0.5, 0.6) is 0 Å². The minimum Gasteiger partial charge on any atom is -0.461 e. The molecule has 0 aliphatic rings. The van der Waals surface area contributed by atoms with Crippen molar-refractivity contribution in [3.05, 3.63) is 25.3 Å². The molecule has 5 nitrogen and oxygen atoms in total. The maximum atomic E-state index is 11.0. The number of nitrogens with zero attached hydrogens (tertiary/aromatic N) is 1. The summed E-state index contributed by atoms with van der Waals surface area (Å²) in [5.41, 5.74) is 0. The van der Waals surface area contributed by atoms with Gasteiger partial charge in [0.1, 0.15) is 6.61 Å². The summed E-state index contributed by atoms with van der Waals surface area (Å²) in [7, 11) is 0. The third-order valence-electron chi connectivity index (χ3n) is 2.36. The van der Waals surface area contributed by atoms with Crippen LogP contribution in [0.2, 0.25) is 0 Å². The number of carbonyl (C=O) groups excluding carboxylic acids is 2. The molecule has 0 unspecified atom stereocenters. The molecule has 0 heterocycles. The first kappa shape index (κ1) is 16.5. The fourth-order valence-electron chi connectivity index (χ4n) is 1.39. The maximum Gasteiger partial charge on any atom is 0.330 e. The molecular formula is C13H21NO4. The van der Waals surface area contributed by atoms with E-state index in [9.17, 15) is 9.59 Å². The minimum absolute atomic E-state index is 0.0111. The Morgan fingerprint density at radius 3 is 2.44 bits per heavy atom. The standard InChI is InChI=1S/C13H21NO4/c1-3-12(16)6-5-7-14(8-10-15)9-11-18-13(17)4-2/h3-4,15H,1-2,5-11H2. The molecule has 1 N–H and O–H groups in total. The smallest absolute Gasteiger partial charge is 0.330 e. The SMILES string of the molecule is C=CC(=O)CCCN(CCO)CCOC(=O)C=C. The second-order valence-electron chi connectivity index (χ2n) is 3.71. The van der Waals surface area contributed by atoms with Crippen LogP contribution in [0.15, 0.2) is 25.3 Å². The lowest BCUT2D eigenvalue weighted by atomic mass is 10.2. The average molecular weight is 255 g/mol. The number of carbonyl (C=O) groups is 2. The Balaban J connectivity index is 3.83. The van der Waals surface area contributed by atoms with E-state index < -0.39 is 5.97 Å². The molecule has 0 aliphatic heterocycles. The molecule has 0 atom stereocenters. The van der Waals surface area contributed by atoms with E-state index in [-0.39, 0.29) is 19.0 Å². The van der Waals surface area contributed by atoms with E-state index in [1.807, 2.05) is 4.90 Å². The van der Waals surface area contributed by atoms with Gasteiger partial charge in [-0.25, -0.2) is 4.79 Å². The van der Waals surface area contributed by atoms with E-state index in [4.69, 9.17) is 9.84 Å². The fraction of sp³-hybridized carbons (Fsp3) is 0.538. The van der Waals surface area contributed by atoms with Gasteiger partial charge in [-0.2, -0.15) is 0 Å². The quantitative estimate of drug-likeness (QED) is 0.431. The minimum atomic E-state index is -0.458. The largest absolute Gasteiger partial charge is 0.461 e. The predicted octanol–water partition coefficient (Wildman–Crippen LogP) is 0.545. The summed E-state index contributed by atoms with van der Waals surface area (Å²) in [4.78, 5) is 23.8. The molecule has 5 heteroatoms. The van der Waals surface area contributed by atoms with Gasteiger partial charge in [0.25, 0.3) is 0 Å². The van der Waals surface area contributed by atoms with Gasteiger partial charge in [-0.05, 0) is 19.0 Å². The van der Waals surface area contributed by atoms with Crippen molar-refractivity contribution in [2.24, 2.45) is 0 Å². The molecule has 0 spiro atoms. The molecule has 0 aromatic carbocycles. The molecule has 0 radical (unpaired) electrons. The first-order chi connectivity index (χ1) is 8.63. The highest BCUT2D eigenvalue weighted by molar-refractivity contribution is 5.88. The van der Waals surface area contributed by atoms with Gasteiger partial charge in [0, 0.05) is 25.6 Å². The van der Waals surface area contributed by atoms with Crippen LogP contribution in [0.25, 0.3) is 0 Å². The molecular weight excluding hydrogens is 234 g/mol. The summed E-state index contributed by atoms with van der Waals surface area (Å²) in [6.45, 7) is 8.68. The Kier molecular flexibility index (Phi) is 9.81. The number of aliphatic hydroxyl groups excluding tert-OH is 1. The lowest BCUT2D eigenvalue weighted by molar-refractivity contribution is -0.138. The van der Waals surface area contributed by atoms with E-state index in [1.165, 1.54) is 6.08 Å². The number of esters is 1. The molecule has 0 amide bonds. The van der Waals surface area contributed by atoms with Crippen LogP contribution in [0.1, 0.15) is 12.8 Å². The van der Waals surface area contributed by atoms with Crippen molar-refractivity contribution in [2.75, 3.05) is 32.8 Å². The van der Waals surface area contributed by atoms with Crippen LogP contribution in [-0.4, -0.2) is 54.6 Å². The third kappa shape index (κ3) is 8.66. The fourth-order valence-corrected chi connectivity index (χ4v) is 1.39. The topological polar surface area (TPSA) is 66.8 Å². The third-order valence-corrected chi connectivity index (χ3v) is 2.36. The lowest BCUT2D eigenvalue weighted by Gasteiger charge is -2.20. The summed E-state index contributed by atoms with van der Waals surface area (Å²) in [6.07, 6.45) is 3.56. The number of ether oxygens (including phenoxy) is 1. The Bertz CT molecular complexity index is 263. The Hall–Kier alpha value is -1.46. The zero-order valence-corrected chi connectivity index (χ0v) is 10.6. The molecule has 0 rings (SSSR count). The number of allylic oxidation sites excluding steroid dienone is 1. The van der Waals surface area contributed by atoms with Crippen molar-refractivity contribution in [3.8, 4) is 0 Å². The molecule has 102 valence electrons. The average Bonchev–Trinajstić information content (AvgIpc) is 2.38. The molecule has 0 saturated carbocycles. The molecule has 0 aromatic rings. The first-order valence-electron chi connectivity index (χ1n) is 5.91. The molecule has 0 aromatic heterocycles. The molecule has 0 bridgehead atoms. The monoisotopic (exact) mass is 255 g/mol. The summed E-state index contributed by atoms with van der Waals surface area (Å²) in [6, 6.07) is 0. The zero-order valence-electron chi connectivity index (χ0n) is 10.6. The van der Waals surface area contributed by atoms with Gasteiger partial charge >= 0.3 is 5.97 Å². The van der Waals surface area contributed by atoms with Crippen molar-refractivity contribution in [1.29, 1.82) is 0 Å². The van der Waals surface area contributed by atoms with E-state index in [0.29, 0.717) is 32.5 Å². The maximum absolute atomic E-state index is 11.0. The second-order valence-corrected chi connectivity index (χ2v) is 3.71. The molecule has 0 saturated heterocycles. The second kappa shape index (κ2) is 10.7. The van der Waals surface area contributed by atoms with Crippen LogP contribution in [0.4, 0.5) is 0 Å². The summed E-state index contributed by atoms with van der Waals surface area (Å²) in [5.74, 6) is -0.446. The van der Waals surface area contributed by atoms with Crippen LogP contribution in [-0.2, 0) is 14.3 Å².